The first kappa shape index (κ1) is 18.9. The molecule has 1 unspecified atom stereocenters. The summed E-state index contributed by atoms with van der Waals surface area (Å²) >= 11 is 0. The Morgan fingerprint density at radius 3 is 2.74 bits per heavy atom. The lowest BCUT2D eigenvalue weighted by Gasteiger charge is -2.25. The van der Waals surface area contributed by atoms with E-state index in [-0.39, 0.29) is 24.3 Å². The quantitative estimate of drug-likeness (QED) is 0.672. The minimum Gasteiger partial charge on any atom is -0.360 e. The van der Waals surface area contributed by atoms with Gasteiger partial charge in [-0.25, -0.2) is 0 Å². The molecule has 0 aliphatic rings. The Labute approximate surface area is 137 Å². The Bertz CT molecular complexity index is 525. The van der Waals surface area contributed by atoms with E-state index in [1.807, 2.05) is 6.92 Å². The van der Waals surface area contributed by atoms with Crippen molar-refractivity contribution in [3.05, 3.63) is 24.5 Å². The first-order chi connectivity index (χ1) is 11.0. The van der Waals surface area contributed by atoms with Gasteiger partial charge >= 0.3 is 0 Å². The number of carbonyl (C=O) groups excluding carboxylic acids is 2. The number of aryl methyl sites for hydroxylation is 1. The smallest absolute Gasteiger partial charge is 0.245 e. The lowest BCUT2D eigenvalue weighted by molar-refractivity contribution is -0.138. The van der Waals surface area contributed by atoms with Crippen LogP contribution < -0.4 is 5.32 Å². The van der Waals surface area contributed by atoms with E-state index in [0.29, 0.717) is 18.1 Å². The standard InChI is InChI=1S/C17H27N3O3/c1-5-8-9-14(7-3)17(22)20(10-6-2)12-16(21)18-15-11-13(4)23-19-15/h6,11,14H,2,5,7-10,12H2,1,3-4H3,(H,18,19,21). The predicted octanol–water partition coefficient (Wildman–Crippen LogP) is 3.15. The first-order valence-corrected chi connectivity index (χ1v) is 8.14. The van der Waals surface area contributed by atoms with Crippen molar-refractivity contribution in [2.75, 3.05) is 18.4 Å². The van der Waals surface area contributed by atoms with Gasteiger partial charge in [-0.3, -0.25) is 9.59 Å². The van der Waals surface area contributed by atoms with E-state index in [4.69, 9.17) is 4.52 Å². The zero-order chi connectivity index (χ0) is 17.2. The first-order valence-electron chi connectivity index (χ1n) is 8.14. The number of aromatic nitrogens is 1. The molecule has 0 radical (unpaired) electrons. The van der Waals surface area contributed by atoms with E-state index in [1.54, 1.807) is 24.0 Å². The van der Waals surface area contributed by atoms with Crippen molar-refractivity contribution in [1.29, 1.82) is 0 Å². The highest BCUT2D eigenvalue weighted by Crippen LogP contribution is 2.16. The maximum atomic E-state index is 12.6. The Morgan fingerprint density at radius 1 is 1.48 bits per heavy atom. The molecule has 1 aromatic rings. The van der Waals surface area contributed by atoms with Crippen LogP contribution in [0.15, 0.2) is 23.2 Å². The van der Waals surface area contributed by atoms with Crippen molar-refractivity contribution in [3.63, 3.8) is 0 Å². The van der Waals surface area contributed by atoms with Crippen LogP contribution in [-0.4, -0.2) is 35.0 Å². The highest BCUT2D eigenvalue weighted by Gasteiger charge is 2.23. The Morgan fingerprint density at radius 2 is 2.22 bits per heavy atom. The molecule has 1 atom stereocenters. The zero-order valence-electron chi connectivity index (χ0n) is 14.3. The van der Waals surface area contributed by atoms with Crippen LogP contribution in [0.4, 0.5) is 5.82 Å². The lowest BCUT2D eigenvalue weighted by Crippen LogP contribution is -2.41. The van der Waals surface area contributed by atoms with E-state index < -0.39 is 0 Å². The molecule has 1 N–H and O–H groups in total. The number of anilines is 1. The molecule has 1 heterocycles. The third kappa shape index (κ3) is 6.26. The normalized spacial score (nSPS) is 11.8. The average Bonchev–Trinajstić information content (AvgIpc) is 2.92. The van der Waals surface area contributed by atoms with Gasteiger partial charge in [0.05, 0.1) is 0 Å². The Kier molecular flexibility index (Phi) is 8.08. The summed E-state index contributed by atoms with van der Waals surface area (Å²) in [6.45, 7) is 9.86. The minimum atomic E-state index is -0.293. The molecule has 6 nitrogen and oxygen atoms in total. The van der Waals surface area contributed by atoms with Crippen molar-refractivity contribution in [1.82, 2.24) is 10.1 Å². The van der Waals surface area contributed by atoms with Crippen molar-refractivity contribution < 1.29 is 14.1 Å². The predicted molar refractivity (Wildman–Crippen MR) is 90.0 cm³/mol. The number of amides is 2. The van der Waals surface area contributed by atoms with Crippen molar-refractivity contribution in [3.8, 4) is 0 Å². The van der Waals surface area contributed by atoms with Gasteiger partial charge in [0.25, 0.3) is 0 Å². The molecule has 0 aliphatic heterocycles. The number of rotatable bonds is 10. The van der Waals surface area contributed by atoms with Crippen LogP contribution in [0.1, 0.15) is 45.3 Å². The molecule has 128 valence electrons. The molecule has 2 amide bonds. The molecule has 6 heteroatoms. The highest BCUT2D eigenvalue weighted by atomic mass is 16.5. The lowest BCUT2D eigenvalue weighted by atomic mass is 9.97. The van der Waals surface area contributed by atoms with Gasteiger partial charge in [0.15, 0.2) is 5.82 Å². The zero-order valence-corrected chi connectivity index (χ0v) is 14.3. The van der Waals surface area contributed by atoms with Gasteiger partial charge in [0.1, 0.15) is 12.3 Å². The second kappa shape index (κ2) is 9.82. The molecule has 1 rings (SSSR count). The number of hydrogen-bond donors (Lipinski definition) is 1. The van der Waals surface area contributed by atoms with Gasteiger partial charge in [0, 0.05) is 18.5 Å². The summed E-state index contributed by atoms with van der Waals surface area (Å²) in [6, 6.07) is 1.63. The van der Waals surface area contributed by atoms with Gasteiger partial charge in [-0.15, -0.1) is 6.58 Å². The van der Waals surface area contributed by atoms with Gasteiger partial charge in [-0.2, -0.15) is 0 Å². The molecule has 0 aliphatic carbocycles. The topological polar surface area (TPSA) is 75.4 Å². The summed E-state index contributed by atoms with van der Waals surface area (Å²) in [6.07, 6.45) is 5.33. The summed E-state index contributed by atoms with van der Waals surface area (Å²) in [5.74, 6) is 0.643. The van der Waals surface area contributed by atoms with Crippen LogP contribution >= 0.6 is 0 Å². The number of nitrogens with one attached hydrogen (secondary N) is 1. The second-order valence-corrected chi connectivity index (χ2v) is 5.63. The van der Waals surface area contributed by atoms with Crippen LogP contribution in [0.2, 0.25) is 0 Å². The van der Waals surface area contributed by atoms with E-state index in [1.165, 1.54) is 0 Å². The van der Waals surface area contributed by atoms with Gasteiger partial charge in [-0.05, 0) is 19.8 Å². The van der Waals surface area contributed by atoms with E-state index in [9.17, 15) is 9.59 Å². The molecule has 0 saturated heterocycles. The van der Waals surface area contributed by atoms with Gasteiger partial charge in [0.2, 0.25) is 11.8 Å². The molecule has 0 fully saturated rings. The monoisotopic (exact) mass is 321 g/mol. The molecular formula is C17H27N3O3. The molecule has 0 saturated carbocycles. The van der Waals surface area contributed by atoms with Crippen LogP contribution in [-0.2, 0) is 9.59 Å². The molecular weight excluding hydrogens is 294 g/mol. The van der Waals surface area contributed by atoms with Crippen LogP contribution in [0.3, 0.4) is 0 Å². The molecule has 0 bridgehead atoms. The third-order valence-corrected chi connectivity index (χ3v) is 3.64. The number of unbranched alkanes of at least 4 members (excludes halogenated alkanes) is 1. The van der Waals surface area contributed by atoms with Crippen molar-refractivity contribution in [2.45, 2.75) is 46.5 Å². The molecule has 23 heavy (non-hydrogen) atoms. The van der Waals surface area contributed by atoms with Crippen molar-refractivity contribution in [2.24, 2.45) is 5.92 Å². The maximum absolute atomic E-state index is 12.6. The highest BCUT2D eigenvalue weighted by molar-refractivity contribution is 5.94. The summed E-state index contributed by atoms with van der Waals surface area (Å²) < 4.78 is 4.90. The largest absolute Gasteiger partial charge is 0.360 e. The van der Waals surface area contributed by atoms with Gasteiger partial charge in [-0.1, -0.05) is 37.9 Å². The SMILES string of the molecule is C=CCN(CC(=O)Nc1cc(C)on1)C(=O)C(CC)CCCC. The van der Waals surface area contributed by atoms with Crippen LogP contribution in [0.5, 0.6) is 0 Å². The number of nitrogens with zero attached hydrogens (tertiary/aromatic N) is 2. The maximum Gasteiger partial charge on any atom is 0.245 e. The van der Waals surface area contributed by atoms with E-state index >= 15 is 0 Å². The summed E-state index contributed by atoms with van der Waals surface area (Å²) in [5, 5.41) is 6.35. The Balaban J connectivity index is 2.66. The summed E-state index contributed by atoms with van der Waals surface area (Å²) in [4.78, 5) is 26.3. The minimum absolute atomic E-state index is 0.00679. The van der Waals surface area contributed by atoms with Crippen LogP contribution in [0, 0.1) is 12.8 Å². The summed E-state index contributed by atoms with van der Waals surface area (Å²) in [7, 11) is 0. The number of hydrogen-bond acceptors (Lipinski definition) is 4. The van der Waals surface area contributed by atoms with E-state index in [0.717, 1.165) is 25.7 Å². The Hall–Kier alpha value is -2.11. The average molecular weight is 321 g/mol. The third-order valence-electron chi connectivity index (χ3n) is 3.64. The molecule has 0 aromatic carbocycles. The second-order valence-electron chi connectivity index (χ2n) is 5.63. The van der Waals surface area contributed by atoms with Crippen molar-refractivity contribution >= 4 is 17.6 Å². The van der Waals surface area contributed by atoms with Gasteiger partial charge < -0.3 is 14.7 Å². The fourth-order valence-electron chi connectivity index (χ4n) is 2.38. The van der Waals surface area contributed by atoms with Crippen LogP contribution in [0.25, 0.3) is 0 Å². The fourth-order valence-corrected chi connectivity index (χ4v) is 2.38. The molecule has 1 aromatic heterocycles. The fraction of sp³-hybridized carbons (Fsp3) is 0.588. The number of carbonyl (C=O) groups is 2. The molecule has 0 spiro atoms. The summed E-state index contributed by atoms with van der Waals surface area (Å²) in [5.41, 5.74) is 0. The van der Waals surface area contributed by atoms with E-state index in [2.05, 4.69) is 24.0 Å².